The Labute approximate surface area is 127 Å². The van der Waals surface area contributed by atoms with Crippen LogP contribution in [0.4, 0.5) is 0 Å². The zero-order valence-corrected chi connectivity index (χ0v) is 14.8. The van der Waals surface area contributed by atoms with Crippen LogP contribution in [0.15, 0.2) is 0 Å². The number of nitrogens with zero attached hydrogens (tertiary/aromatic N) is 1. The summed E-state index contributed by atoms with van der Waals surface area (Å²) in [5.74, 6) is 2.57. The summed E-state index contributed by atoms with van der Waals surface area (Å²) < 4.78 is 0. The quantitative estimate of drug-likeness (QED) is 0.719. The van der Waals surface area contributed by atoms with Crippen LogP contribution in [0, 0.1) is 17.8 Å². The molecule has 0 bridgehead atoms. The molecule has 1 saturated carbocycles. The first kappa shape index (κ1) is 18.0. The normalized spacial score (nSPS) is 27.8. The zero-order valence-electron chi connectivity index (χ0n) is 14.8. The maximum atomic E-state index is 3.75. The predicted octanol–water partition coefficient (Wildman–Crippen LogP) is 4.16. The van der Waals surface area contributed by atoms with Gasteiger partial charge >= 0.3 is 0 Å². The van der Waals surface area contributed by atoms with E-state index in [0.717, 1.165) is 30.3 Å². The Kier molecular flexibility index (Phi) is 8.13. The van der Waals surface area contributed by atoms with E-state index in [1.54, 1.807) is 0 Å². The zero-order chi connectivity index (χ0) is 15.1. The van der Waals surface area contributed by atoms with Crippen LogP contribution in [0.2, 0.25) is 0 Å². The van der Waals surface area contributed by atoms with Gasteiger partial charge in [-0.05, 0) is 57.4 Å². The van der Waals surface area contributed by atoms with Crippen molar-refractivity contribution in [2.75, 3.05) is 19.6 Å². The molecule has 1 rings (SSSR count). The highest BCUT2D eigenvalue weighted by Gasteiger charge is 2.31. The fourth-order valence-corrected chi connectivity index (χ4v) is 3.73. The van der Waals surface area contributed by atoms with Gasteiger partial charge in [-0.1, -0.05) is 34.1 Å². The minimum absolute atomic E-state index is 0.668. The second kappa shape index (κ2) is 9.04. The summed E-state index contributed by atoms with van der Waals surface area (Å²) in [6.07, 6.45) is 5.60. The van der Waals surface area contributed by atoms with Crippen molar-refractivity contribution in [3.8, 4) is 0 Å². The molecule has 2 nitrogen and oxygen atoms in total. The van der Waals surface area contributed by atoms with Crippen LogP contribution in [-0.4, -0.2) is 36.6 Å². The molecule has 0 radical (unpaired) electrons. The van der Waals surface area contributed by atoms with E-state index in [1.807, 2.05) is 0 Å². The van der Waals surface area contributed by atoms with Crippen LogP contribution < -0.4 is 5.32 Å². The minimum atomic E-state index is 0.668. The molecule has 1 aliphatic carbocycles. The lowest BCUT2D eigenvalue weighted by atomic mass is 9.76. The van der Waals surface area contributed by atoms with E-state index >= 15 is 0 Å². The van der Waals surface area contributed by atoms with E-state index < -0.39 is 0 Å². The van der Waals surface area contributed by atoms with E-state index in [2.05, 4.69) is 51.8 Å². The highest BCUT2D eigenvalue weighted by molar-refractivity contribution is 4.87. The van der Waals surface area contributed by atoms with Gasteiger partial charge in [0.2, 0.25) is 0 Å². The van der Waals surface area contributed by atoms with Gasteiger partial charge < -0.3 is 10.2 Å². The van der Waals surface area contributed by atoms with Crippen LogP contribution in [0.25, 0.3) is 0 Å². The average Bonchev–Trinajstić information content (AvgIpc) is 2.39. The summed E-state index contributed by atoms with van der Waals surface area (Å²) in [7, 11) is 0. The maximum absolute atomic E-state index is 3.75. The van der Waals surface area contributed by atoms with E-state index in [-0.39, 0.29) is 0 Å². The van der Waals surface area contributed by atoms with Crippen molar-refractivity contribution in [1.29, 1.82) is 0 Å². The summed E-state index contributed by atoms with van der Waals surface area (Å²) in [5, 5.41) is 3.75. The molecular weight excluding hydrogens is 244 g/mol. The lowest BCUT2D eigenvalue weighted by Crippen LogP contribution is -2.48. The van der Waals surface area contributed by atoms with Gasteiger partial charge in [0, 0.05) is 25.2 Å². The van der Waals surface area contributed by atoms with E-state index in [4.69, 9.17) is 0 Å². The molecule has 20 heavy (non-hydrogen) atoms. The summed E-state index contributed by atoms with van der Waals surface area (Å²) in [4.78, 5) is 2.71. The Hall–Kier alpha value is -0.0800. The Morgan fingerprint density at radius 2 is 1.80 bits per heavy atom. The van der Waals surface area contributed by atoms with Crippen LogP contribution in [-0.2, 0) is 0 Å². The second-order valence-corrected chi connectivity index (χ2v) is 7.45. The van der Waals surface area contributed by atoms with E-state index in [0.29, 0.717) is 6.04 Å². The molecule has 0 spiro atoms. The van der Waals surface area contributed by atoms with Gasteiger partial charge in [0.25, 0.3) is 0 Å². The SMILES string of the molecule is CCNC1CCC(CC)CC1CN(CC(C)C)C(C)C. The van der Waals surface area contributed by atoms with Gasteiger partial charge in [-0.15, -0.1) is 0 Å². The van der Waals surface area contributed by atoms with Crippen molar-refractivity contribution < 1.29 is 0 Å². The molecule has 120 valence electrons. The highest BCUT2D eigenvalue weighted by Crippen LogP contribution is 2.32. The third-order valence-electron chi connectivity index (χ3n) is 4.93. The van der Waals surface area contributed by atoms with E-state index in [1.165, 1.54) is 38.8 Å². The van der Waals surface area contributed by atoms with Crippen molar-refractivity contribution in [3.63, 3.8) is 0 Å². The van der Waals surface area contributed by atoms with Crippen LogP contribution >= 0.6 is 0 Å². The Balaban J connectivity index is 2.65. The highest BCUT2D eigenvalue weighted by atomic mass is 15.2. The van der Waals surface area contributed by atoms with Gasteiger partial charge in [-0.2, -0.15) is 0 Å². The molecular formula is C18H38N2. The first-order valence-electron chi connectivity index (χ1n) is 8.95. The van der Waals surface area contributed by atoms with Crippen LogP contribution in [0.5, 0.6) is 0 Å². The first-order chi connectivity index (χ1) is 9.47. The molecule has 0 amide bonds. The molecule has 0 heterocycles. The molecule has 0 aliphatic heterocycles. The van der Waals surface area contributed by atoms with Gasteiger partial charge in [0.1, 0.15) is 0 Å². The maximum Gasteiger partial charge on any atom is 0.0108 e. The number of hydrogen-bond donors (Lipinski definition) is 1. The van der Waals surface area contributed by atoms with Crippen molar-refractivity contribution in [3.05, 3.63) is 0 Å². The molecule has 3 atom stereocenters. The first-order valence-corrected chi connectivity index (χ1v) is 8.95. The smallest absolute Gasteiger partial charge is 0.0108 e. The van der Waals surface area contributed by atoms with E-state index in [9.17, 15) is 0 Å². The minimum Gasteiger partial charge on any atom is -0.314 e. The molecule has 0 saturated heterocycles. The molecule has 3 unspecified atom stereocenters. The predicted molar refractivity (Wildman–Crippen MR) is 90.1 cm³/mol. The second-order valence-electron chi connectivity index (χ2n) is 7.45. The van der Waals surface area contributed by atoms with Crippen molar-refractivity contribution >= 4 is 0 Å². The number of rotatable bonds is 8. The summed E-state index contributed by atoms with van der Waals surface area (Å²) in [6, 6.07) is 1.41. The van der Waals surface area contributed by atoms with Crippen LogP contribution in [0.3, 0.4) is 0 Å². The molecule has 2 heteroatoms. The van der Waals surface area contributed by atoms with Crippen molar-refractivity contribution in [2.45, 2.75) is 79.3 Å². The standard InChI is InChI=1S/C18H38N2/c1-7-16-9-10-18(19-8-2)17(11-16)13-20(15(5)6)12-14(3)4/h14-19H,7-13H2,1-6H3. The summed E-state index contributed by atoms with van der Waals surface area (Å²) in [5.41, 5.74) is 0. The Morgan fingerprint density at radius 1 is 1.10 bits per heavy atom. The Morgan fingerprint density at radius 3 is 2.30 bits per heavy atom. The molecule has 0 aromatic rings. The lowest BCUT2D eigenvalue weighted by Gasteiger charge is -2.40. The topological polar surface area (TPSA) is 15.3 Å². The van der Waals surface area contributed by atoms with Gasteiger partial charge in [-0.25, -0.2) is 0 Å². The Bertz CT molecular complexity index is 250. The molecule has 0 aromatic heterocycles. The third kappa shape index (κ3) is 5.73. The summed E-state index contributed by atoms with van der Waals surface area (Å²) >= 11 is 0. The number of hydrogen-bond acceptors (Lipinski definition) is 2. The van der Waals surface area contributed by atoms with Gasteiger partial charge in [0.15, 0.2) is 0 Å². The average molecular weight is 283 g/mol. The van der Waals surface area contributed by atoms with Gasteiger partial charge in [-0.3, -0.25) is 0 Å². The largest absolute Gasteiger partial charge is 0.314 e. The monoisotopic (exact) mass is 282 g/mol. The molecule has 1 aliphatic rings. The number of nitrogens with one attached hydrogen (secondary N) is 1. The van der Waals surface area contributed by atoms with Crippen LogP contribution in [0.1, 0.15) is 67.2 Å². The lowest BCUT2D eigenvalue weighted by molar-refractivity contribution is 0.110. The fourth-order valence-electron chi connectivity index (χ4n) is 3.73. The molecule has 1 N–H and O–H groups in total. The molecule has 0 aromatic carbocycles. The molecule has 1 fully saturated rings. The van der Waals surface area contributed by atoms with Gasteiger partial charge in [0.05, 0.1) is 0 Å². The fraction of sp³-hybridized carbons (Fsp3) is 1.00. The van der Waals surface area contributed by atoms with Crippen molar-refractivity contribution in [2.24, 2.45) is 17.8 Å². The summed E-state index contributed by atoms with van der Waals surface area (Å²) in [6.45, 7) is 17.6. The van der Waals surface area contributed by atoms with Crippen molar-refractivity contribution in [1.82, 2.24) is 10.2 Å². The third-order valence-corrected chi connectivity index (χ3v) is 4.93.